The van der Waals surface area contributed by atoms with Gasteiger partial charge >= 0.3 is 7.12 Å². The van der Waals surface area contributed by atoms with Crippen molar-refractivity contribution in [3.05, 3.63) is 100 Å². The van der Waals surface area contributed by atoms with Crippen molar-refractivity contribution < 1.29 is 18.9 Å². The maximum absolute atomic E-state index is 12.6. The van der Waals surface area contributed by atoms with Crippen LogP contribution in [0.3, 0.4) is 0 Å². The molecule has 0 unspecified atom stereocenters. The molecule has 312 valence electrons. The number of hydrogen-bond acceptors (Lipinski definition) is 10. The van der Waals surface area contributed by atoms with Crippen molar-refractivity contribution in [2.24, 2.45) is 14.1 Å². The summed E-state index contributed by atoms with van der Waals surface area (Å²) in [4.78, 5) is 24.7. The number of amides is 2. The van der Waals surface area contributed by atoms with E-state index in [1.807, 2.05) is 141 Å². The van der Waals surface area contributed by atoms with Gasteiger partial charge in [-0.25, -0.2) is 0 Å². The summed E-state index contributed by atoms with van der Waals surface area (Å²) in [6.45, 7) is 19.8. The molecule has 0 aliphatic carbocycles. The monoisotopic (exact) mass is 868 g/mol. The first-order chi connectivity index (χ1) is 27.4. The van der Waals surface area contributed by atoms with Crippen LogP contribution in [0.4, 0.5) is 0 Å². The Labute approximate surface area is 354 Å². The van der Waals surface area contributed by atoms with Crippen molar-refractivity contribution >= 4 is 40.3 Å². The molecule has 3 aliphatic rings. The predicted octanol–water partition coefficient (Wildman–Crippen LogP) is 6.30. The van der Waals surface area contributed by atoms with Crippen LogP contribution in [0.15, 0.2) is 65.7 Å². The van der Waals surface area contributed by atoms with Gasteiger partial charge in [-0.1, -0.05) is 43.3 Å². The van der Waals surface area contributed by atoms with E-state index in [4.69, 9.17) is 9.31 Å². The molecule has 6 aromatic rings. The summed E-state index contributed by atoms with van der Waals surface area (Å²) >= 11 is 3.39. The van der Waals surface area contributed by atoms with Crippen LogP contribution in [0.25, 0.3) is 22.5 Å². The molecule has 0 bridgehead atoms. The second kappa shape index (κ2) is 17.4. The molecule has 18 heteroatoms. The van der Waals surface area contributed by atoms with Crippen LogP contribution in [0, 0.1) is 13.8 Å². The molecule has 2 amide bonds. The lowest BCUT2D eigenvalue weighted by atomic mass is 9.82. The van der Waals surface area contributed by atoms with E-state index in [2.05, 4.69) is 57.2 Å². The first-order valence-corrected chi connectivity index (χ1v) is 20.0. The van der Waals surface area contributed by atoms with Crippen LogP contribution in [-0.2, 0) is 23.4 Å². The van der Waals surface area contributed by atoms with Gasteiger partial charge in [-0.2, -0.15) is 10.2 Å². The Bertz CT molecular complexity index is 2450. The van der Waals surface area contributed by atoms with Crippen LogP contribution in [0.1, 0.15) is 119 Å². The summed E-state index contributed by atoms with van der Waals surface area (Å²) in [6.07, 6.45) is 7.41. The first-order valence-electron chi connectivity index (χ1n) is 19.2. The lowest BCUT2D eigenvalue weighted by Gasteiger charge is -2.32. The number of carbonyl (C=O) groups is 2. The highest BCUT2D eigenvalue weighted by Crippen LogP contribution is 2.36. The summed E-state index contributed by atoms with van der Waals surface area (Å²) in [7, 11) is 3.45. The van der Waals surface area contributed by atoms with Gasteiger partial charge in [0.25, 0.3) is 11.8 Å². The summed E-state index contributed by atoms with van der Waals surface area (Å²) in [5.41, 5.74) is 5.18. The Kier molecular flexibility index (Phi) is 13.2. The number of aryl methyl sites for hydroxylation is 4. The fraction of sp³-hybridized carbons (Fsp3) is 0.415. The highest BCUT2D eigenvalue weighted by Gasteiger charge is 2.52. The summed E-state index contributed by atoms with van der Waals surface area (Å²) in [5.74, 6) is 2.83. The smallest absolute Gasteiger partial charge is 0.399 e. The molecule has 9 rings (SSSR count). The van der Waals surface area contributed by atoms with Crippen LogP contribution >= 0.6 is 15.9 Å². The van der Waals surface area contributed by atoms with Crippen molar-refractivity contribution in [2.75, 3.05) is 0 Å². The third kappa shape index (κ3) is 8.80. The van der Waals surface area contributed by atoms with Crippen LogP contribution in [-0.4, -0.2) is 79.2 Å². The molecule has 7 heterocycles. The molecule has 59 heavy (non-hydrogen) atoms. The van der Waals surface area contributed by atoms with Crippen molar-refractivity contribution in [1.29, 1.82) is 0 Å². The molecule has 4 aromatic heterocycles. The van der Waals surface area contributed by atoms with Crippen molar-refractivity contribution in [2.45, 2.75) is 99.9 Å². The maximum Gasteiger partial charge on any atom is 0.498 e. The number of rotatable bonds is 2. The van der Waals surface area contributed by atoms with Crippen LogP contribution in [0.5, 0.6) is 0 Å². The summed E-state index contributed by atoms with van der Waals surface area (Å²) < 4.78 is 20.0. The van der Waals surface area contributed by atoms with E-state index in [0.717, 1.165) is 55.7 Å². The number of benzene rings is 2. The number of halogens is 1. The molecule has 1 saturated heterocycles. The lowest BCUT2D eigenvalue weighted by molar-refractivity contribution is 0.00578. The average Bonchev–Trinajstić information content (AvgIpc) is 4.00. The van der Waals surface area contributed by atoms with Gasteiger partial charge in [0, 0.05) is 48.2 Å². The van der Waals surface area contributed by atoms with E-state index in [0.29, 0.717) is 11.1 Å². The lowest BCUT2D eigenvalue weighted by Crippen LogP contribution is -2.41. The number of nitrogens with one attached hydrogen (secondary N) is 2. The third-order valence-corrected chi connectivity index (χ3v) is 10.9. The first kappa shape index (κ1) is 44.6. The van der Waals surface area contributed by atoms with Crippen molar-refractivity contribution in [3.63, 3.8) is 0 Å². The van der Waals surface area contributed by atoms with Crippen LogP contribution < -0.4 is 16.1 Å². The molecule has 0 radical (unpaired) electrons. The highest BCUT2D eigenvalue weighted by atomic mass is 79.9. The minimum atomic E-state index is -0.302. The SMILES string of the molecule is C.CC.Cc1nnc2n1-c1ccc(-c3cnn(C)c3)cc1C(=O)N[C@H]2C.Cc1nnc2n1-c1ccc(Br)cc1C(=O)N[C@H]2C.Cn1cc(B2OC(C)(C)C(C)(C)O2)cn1. The van der Waals surface area contributed by atoms with Gasteiger partial charge in [0.2, 0.25) is 0 Å². The molecule has 2 atom stereocenters. The van der Waals surface area contributed by atoms with Crippen LogP contribution in [0.2, 0.25) is 0 Å². The molecular weight excluding hydrogens is 815 g/mol. The normalized spacial score (nSPS) is 17.9. The minimum absolute atomic E-state index is 0. The van der Waals surface area contributed by atoms with Gasteiger partial charge in [-0.05, 0) is 91.3 Å². The van der Waals surface area contributed by atoms with Crippen molar-refractivity contribution in [3.8, 4) is 22.5 Å². The zero-order valence-corrected chi connectivity index (χ0v) is 36.6. The number of hydrogen-bond donors (Lipinski definition) is 2. The fourth-order valence-electron chi connectivity index (χ4n) is 6.68. The molecule has 0 saturated carbocycles. The zero-order chi connectivity index (χ0) is 42.3. The zero-order valence-electron chi connectivity index (χ0n) is 35.0. The minimum Gasteiger partial charge on any atom is -0.399 e. The van der Waals surface area contributed by atoms with E-state index in [-0.39, 0.29) is 49.6 Å². The summed E-state index contributed by atoms with van der Waals surface area (Å²) in [5, 5.41) is 30.8. The average molecular weight is 870 g/mol. The molecule has 3 aliphatic heterocycles. The molecule has 2 N–H and O–H groups in total. The van der Waals surface area contributed by atoms with Gasteiger partial charge in [-0.15, -0.1) is 20.4 Å². The highest BCUT2D eigenvalue weighted by molar-refractivity contribution is 9.10. The van der Waals surface area contributed by atoms with Gasteiger partial charge in [0.05, 0.1) is 52.0 Å². The standard InChI is InChI=1S/C16H16N6O.C12H11BrN4O.C10H17BN2O2.C2H6.CH4/c1-9-15-20-19-10(2)22(15)14-5-4-11(6-13(14)16(23)18-9)12-7-17-21(3)8-12;1-6-11-16-15-7(2)17(11)10-4-3-8(13)5-9(10)12(18)14-6;1-9(2)10(3,4)15-11(14-9)8-6-12-13(5)7-8;1-2;/h4-9H,1-3H3,(H,18,23);3-6H,1-2H3,(H,14,18);6-7H,1-5H3;1-2H3;1H4/t9-;6-;;;/m00.../s1. The van der Waals surface area contributed by atoms with E-state index < -0.39 is 0 Å². The Morgan fingerprint density at radius 1 is 0.695 bits per heavy atom. The van der Waals surface area contributed by atoms with E-state index >= 15 is 0 Å². The van der Waals surface area contributed by atoms with Crippen molar-refractivity contribution in [1.82, 2.24) is 59.7 Å². The number of aromatic nitrogens is 10. The molecule has 2 aromatic carbocycles. The number of carbonyl (C=O) groups excluding carboxylic acids is 2. The Morgan fingerprint density at radius 2 is 1.17 bits per heavy atom. The Morgan fingerprint density at radius 3 is 1.64 bits per heavy atom. The molecule has 0 spiro atoms. The van der Waals surface area contributed by atoms with Gasteiger partial charge in [0.15, 0.2) is 11.6 Å². The largest absolute Gasteiger partial charge is 0.498 e. The topological polar surface area (TPSA) is 174 Å². The van der Waals surface area contributed by atoms with Gasteiger partial charge in [0.1, 0.15) is 11.6 Å². The van der Waals surface area contributed by atoms with Gasteiger partial charge in [-0.3, -0.25) is 28.1 Å². The third-order valence-electron chi connectivity index (χ3n) is 10.4. The second-order valence-electron chi connectivity index (χ2n) is 15.1. The quantitative estimate of drug-likeness (QED) is 0.188. The molecule has 16 nitrogen and oxygen atoms in total. The van der Waals surface area contributed by atoms with E-state index in [1.54, 1.807) is 21.8 Å². The fourth-order valence-corrected chi connectivity index (χ4v) is 7.04. The summed E-state index contributed by atoms with van der Waals surface area (Å²) in [6, 6.07) is 11.1. The number of fused-ring (bicyclic) bond motifs is 6. The Balaban J connectivity index is 0.000000167. The molecule has 1 fully saturated rings. The van der Waals surface area contributed by atoms with E-state index in [1.165, 1.54) is 0 Å². The maximum atomic E-state index is 12.6. The number of nitrogens with zero attached hydrogens (tertiary/aromatic N) is 10. The Hall–Kier alpha value is -5.46. The molecular formula is C41H54BBrN12O4. The van der Waals surface area contributed by atoms with E-state index in [9.17, 15) is 9.59 Å². The predicted molar refractivity (Wildman–Crippen MR) is 231 cm³/mol. The van der Waals surface area contributed by atoms with Gasteiger partial charge < -0.3 is 19.9 Å². The second-order valence-corrected chi connectivity index (χ2v) is 16.0.